The molecule has 0 radical (unpaired) electrons. The highest BCUT2D eigenvalue weighted by Gasteiger charge is 2.16. The van der Waals surface area contributed by atoms with E-state index in [1.165, 1.54) is 11.8 Å². The van der Waals surface area contributed by atoms with E-state index in [9.17, 15) is 0 Å². The molecule has 2 N–H and O–H groups in total. The summed E-state index contributed by atoms with van der Waals surface area (Å²) in [5.41, 5.74) is 9.10. The molecule has 0 aliphatic carbocycles. The van der Waals surface area contributed by atoms with Crippen molar-refractivity contribution in [3.63, 3.8) is 0 Å². The normalized spacial score (nSPS) is 11.0. The number of thioether (sulfide) groups is 1. The summed E-state index contributed by atoms with van der Waals surface area (Å²) in [5, 5.41) is 2.22. The Kier molecular flexibility index (Phi) is 4.95. The van der Waals surface area contributed by atoms with Gasteiger partial charge in [0.25, 0.3) is 0 Å². The Labute approximate surface area is 149 Å². The fourth-order valence-electron chi connectivity index (χ4n) is 2.36. The first-order chi connectivity index (χ1) is 12.0. The molecule has 0 unspecified atom stereocenters. The summed E-state index contributed by atoms with van der Waals surface area (Å²) >= 11 is 1.52. The molecule has 1 aromatic carbocycles. The number of hydrogen-bond donors (Lipinski definition) is 1. The maximum atomic E-state index is 5.96. The fraction of sp³-hybridized carbons (Fsp3) is 0.312. The zero-order valence-electron chi connectivity index (χ0n) is 14.6. The molecule has 2 aromatic heterocycles. The minimum atomic E-state index is 0.614. The van der Waals surface area contributed by atoms with Crippen molar-refractivity contribution in [2.24, 2.45) is 7.05 Å². The van der Waals surface area contributed by atoms with Gasteiger partial charge in [-0.3, -0.25) is 4.84 Å². The number of hydroxylamine groups is 1. The minimum Gasteiger partial charge on any atom is -0.495 e. The number of aryl methyl sites for hydroxylation is 1. The number of aromatic nitrogens is 4. The SMILES string of the molecule is COc1ccc(CSc2nc(N(C)OC)c3ncn(C)c3n2)cc1N. The molecule has 0 saturated carbocycles. The van der Waals surface area contributed by atoms with Gasteiger partial charge in [0.2, 0.25) is 0 Å². The Balaban J connectivity index is 1.88. The lowest BCUT2D eigenvalue weighted by Gasteiger charge is -2.15. The molecule has 0 aliphatic rings. The lowest BCUT2D eigenvalue weighted by Crippen LogP contribution is -2.17. The van der Waals surface area contributed by atoms with Crippen LogP contribution in [0.25, 0.3) is 11.2 Å². The molecule has 0 saturated heterocycles. The predicted octanol–water partition coefficient (Wildman–Crippen LogP) is 2.24. The molecule has 2 heterocycles. The van der Waals surface area contributed by atoms with Crippen LogP contribution in [0.2, 0.25) is 0 Å². The third-order valence-electron chi connectivity index (χ3n) is 3.76. The van der Waals surface area contributed by atoms with E-state index in [1.807, 2.05) is 29.8 Å². The molecule has 132 valence electrons. The number of nitrogens with zero attached hydrogens (tertiary/aromatic N) is 5. The van der Waals surface area contributed by atoms with Crippen LogP contribution in [0, 0.1) is 0 Å². The van der Waals surface area contributed by atoms with Gasteiger partial charge < -0.3 is 15.0 Å². The summed E-state index contributed by atoms with van der Waals surface area (Å²) in [6.07, 6.45) is 1.71. The zero-order valence-corrected chi connectivity index (χ0v) is 15.4. The van der Waals surface area contributed by atoms with E-state index in [4.69, 9.17) is 15.3 Å². The third-order valence-corrected chi connectivity index (χ3v) is 4.67. The number of nitrogens with two attached hydrogens (primary N) is 1. The number of methoxy groups -OCH3 is 1. The number of nitrogen functional groups attached to an aromatic ring is 1. The first-order valence-electron chi connectivity index (χ1n) is 7.55. The summed E-state index contributed by atoms with van der Waals surface area (Å²) in [7, 11) is 6.88. The Morgan fingerprint density at radius 1 is 1.28 bits per heavy atom. The number of benzene rings is 1. The van der Waals surface area contributed by atoms with Crippen LogP contribution in [0.3, 0.4) is 0 Å². The quantitative estimate of drug-likeness (QED) is 0.310. The summed E-state index contributed by atoms with van der Waals surface area (Å²) in [4.78, 5) is 18.8. The first-order valence-corrected chi connectivity index (χ1v) is 8.54. The van der Waals surface area contributed by atoms with E-state index < -0.39 is 0 Å². The van der Waals surface area contributed by atoms with E-state index >= 15 is 0 Å². The van der Waals surface area contributed by atoms with Crippen molar-refractivity contribution in [2.75, 3.05) is 32.1 Å². The molecular weight excluding hydrogens is 340 g/mol. The average molecular weight is 360 g/mol. The lowest BCUT2D eigenvalue weighted by atomic mass is 10.2. The van der Waals surface area contributed by atoms with Crippen LogP contribution in [0.5, 0.6) is 5.75 Å². The Hall–Kier alpha value is -2.52. The van der Waals surface area contributed by atoms with Crippen molar-refractivity contribution in [3.8, 4) is 5.75 Å². The van der Waals surface area contributed by atoms with Gasteiger partial charge in [0.05, 0.1) is 26.2 Å². The highest BCUT2D eigenvalue weighted by Crippen LogP contribution is 2.29. The summed E-state index contributed by atoms with van der Waals surface area (Å²) in [6.45, 7) is 0. The van der Waals surface area contributed by atoms with Crippen LogP contribution in [0.15, 0.2) is 29.7 Å². The number of imidazole rings is 1. The second-order valence-corrected chi connectivity index (χ2v) is 6.34. The second-order valence-electron chi connectivity index (χ2n) is 5.40. The molecule has 0 bridgehead atoms. The van der Waals surface area contributed by atoms with Gasteiger partial charge in [-0.15, -0.1) is 0 Å². The van der Waals surface area contributed by atoms with Gasteiger partial charge in [-0.2, -0.15) is 0 Å². The van der Waals surface area contributed by atoms with Crippen LogP contribution in [-0.2, 0) is 17.6 Å². The summed E-state index contributed by atoms with van der Waals surface area (Å²) in [6, 6.07) is 5.74. The van der Waals surface area contributed by atoms with Gasteiger partial charge in [-0.25, -0.2) is 20.0 Å². The third kappa shape index (κ3) is 3.47. The van der Waals surface area contributed by atoms with Crippen LogP contribution < -0.4 is 15.5 Å². The van der Waals surface area contributed by atoms with E-state index in [0.717, 1.165) is 11.2 Å². The molecular formula is C16H20N6O2S. The lowest BCUT2D eigenvalue weighted by molar-refractivity contribution is 0.182. The number of hydrogen-bond acceptors (Lipinski definition) is 8. The molecule has 3 rings (SSSR count). The minimum absolute atomic E-state index is 0.614. The Morgan fingerprint density at radius 2 is 2.08 bits per heavy atom. The Bertz CT molecular complexity index is 898. The van der Waals surface area contributed by atoms with Gasteiger partial charge >= 0.3 is 0 Å². The van der Waals surface area contributed by atoms with Crippen molar-refractivity contribution in [3.05, 3.63) is 30.1 Å². The molecule has 9 heteroatoms. The molecule has 0 aliphatic heterocycles. The second kappa shape index (κ2) is 7.16. The van der Waals surface area contributed by atoms with Gasteiger partial charge in [0, 0.05) is 19.8 Å². The Morgan fingerprint density at radius 3 is 2.76 bits per heavy atom. The van der Waals surface area contributed by atoms with Crippen molar-refractivity contribution >= 4 is 34.4 Å². The molecule has 0 spiro atoms. The zero-order chi connectivity index (χ0) is 18.0. The van der Waals surface area contributed by atoms with E-state index in [1.54, 1.807) is 32.7 Å². The molecule has 3 aromatic rings. The highest BCUT2D eigenvalue weighted by molar-refractivity contribution is 7.98. The van der Waals surface area contributed by atoms with E-state index in [0.29, 0.717) is 33.7 Å². The molecule has 25 heavy (non-hydrogen) atoms. The number of rotatable bonds is 6. The first kappa shape index (κ1) is 17.3. The maximum absolute atomic E-state index is 5.96. The van der Waals surface area contributed by atoms with E-state index in [-0.39, 0.29) is 0 Å². The average Bonchev–Trinajstić information content (AvgIpc) is 3.00. The van der Waals surface area contributed by atoms with Crippen LogP contribution >= 0.6 is 11.8 Å². The molecule has 8 nitrogen and oxygen atoms in total. The van der Waals surface area contributed by atoms with E-state index in [2.05, 4.69) is 15.0 Å². The summed E-state index contributed by atoms with van der Waals surface area (Å²) < 4.78 is 7.04. The van der Waals surface area contributed by atoms with Crippen molar-refractivity contribution < 1.29 is 9.57 Å². The van der Waals surface area contributed by atoms with Crippen molar-refractivity contribution in [1.29, 1.82) is 0 Å². The van der Waals surface area contributed by atoms with Crippen LogP contribution in [-0.4, -0.2) is 40.8 Å². The van der Waals surface area contributed by atoms with Crippen molar-refractivity contribution in [2.45, 2.75) is 10.9 Å². The van der Waals surface area contributed by atoms with Crippen LogP contribution in [0.1, 0.15) is 5.56 Å². The standard InChI is InChI=1S/C16H20N6O2S/c1-21-9-18-13-14(21)19-16(20-15(13)22(2)24-4)25-8-10-5-6-12(23-3)11(17)7-10/h5-7,9H,8,17H2,1-4H3. The number of anilines is 2. The van der Waals surface area contributed by atoms with Gasteiger partial charge in [-0.1, -0.05) is 17.8 Å². The topological polar surface area (TPSA) is 91.3 Å². The smallest absolute Gasteiger partial charge is 0.192 e. The van der Waals surface area contributed by atoms with Crippen molar-refractivity contribution in [1.82, 2.24) is 19.5 Å². The largest absolute Gasteiger partial charge is 0.495 e. The number of fused-ring (bicyclic) bond motifs is 1. The fourth-order valence-corrected chi connectivity index (χ4v) is 3.14. The van der Waals surface area contributed by atoms with Gasteiger partial charge in [0.1, 0.15) is 5.75 Å². The molecule has 0 amide bonds. The van der Waals surface area contributed by atoms with Gasteiger partial charge in [0.15, 0.2) is 22.1 Å². The molecule has 0 fully saturated rings. The van der Waals surface area contributed by atoms with Crippen LogP contribution in [0.4, 0.5) is 11.5 Å². The highest BCUT2D eigenvalue weighted by atomic mass is 32.2. The monoisotopic (exact) mass is 360 g/mol. The molecule has 0 atom stereocenters. The summed E-state index contributed by atoms with van der Waals surface area (Å²) in [5.74, 6) is 1.99. The maximum Gasteiger partial charge on any atom is 0.192 e. The number of ether oxygens (including phenoxy) is 1. The predicted molar refractivity (Wildman–Crippen MR) is 98.7 cm³/mol. The van der Waals surface area contributed by atoms with Gasteiger partial charge in [-0.05, 0) is 17.7 Å².